The highest BCUT2D eigenvalue weighted by Gasteiger charge is 2.14. The lowest BCUT2D eigenvalue weighted by molar-refractivity contribution is -0.122. The van der Waals surface area contributed by atoms with E-state index in [-0.39, 0.29) is 11.9 Å². The number of carbonyl (C=O) groups excluding carboxylic acids is 1. The minimum absolute atomic E-state index is 0.0248. The highest BCUT2D eigenvalue weighted by atomic mass is 35.5. The molecule has 1 unspecified atom stereocenters. The van der Waals surface area contributed by atoms with Gasteiger partial charge in [-0.05, 0) is 55.8 Å². The fourth-order valence-corrected chi connectivity index (χ4v) is 2.68. The second-order valence-corrected chi connectivity index (χ2v) is 6.53. The first-order chi connectivity index (χ1) is 12.0. The molecule has 134 valence electrons. The predicted octanol–water partition coefficient (Wildman–Crippen LogP) is 3.70. The summed E-state index contributed by atoms with van der Waals surface area (Å²) in [4.78, 5) is 14.2. The molecule has 0 saturated carbocycles. The summed E-state index contributed by atoms with van der Waals surface area (Å²) in [5.74, 6) is 0.857. The van der Waals surface area contributed by atoms with E-state index < -0.39 is 0 Å². The van der Waals surface area contributed by atoms with Crippen LogP contribution in [0.25, 0.3) is 0 Å². The Morgan fingerprint density at radius 3 is 2.40 bits per heavy atom. The molecule has 0 heterocycles. The monoisotopic (exact) mass is 360 g/mol. The zero-order valence-corrected chi connectivity index (χ0v) is 15.7. The topological polar surface area (TPSA) is 41.6 Å². The minimum atomic E-state index is 0.0248. The fraction of sp³-hybridized carbons (Fsp3) is 0.350. The van der Waals surface area contributed by atoms with E-state index in [1.165, 1.54) is 0 Å². The normalized spacial score (nSPS) is 12.0. The first kappa shape index (κ1) is 19.3. The minimum Gasteiger partial charge on any atom is -0.497 e. The van der Waals surface area contributed by atoms with Gasteiger partial charge in [0.15, 0.2) is 0 Å². The Morgan fingerprint density at radius 1 is 1.16 bits per heavy atom. The maximum absolute atomic E-state index is 12.1. The molecule has 5 heteroatoms. The molecular weight excluding hydrogens is 336 g/mol. The number of halogens is 1. The van der Waals surface area contributed by atoms with Crippen LogP contribution in [0.2, 0.25) is 5.02 Å². The summed E-state index contributed by atoms with van der Waals surface area (Å²) in [6.07, 6.45) is 0.792. The molecule has 0 radical (unpaired) electrons. The summed E-state index contributed by atoms with van der Waals surface area (Å²) in [5, 5.41) is 3.69. The van der Waals surface area contributed by atoms with E-state index >= 15 is 0 Å². The smallest absolute Gasteiger partial charge is 0.234 e. The average Bonchev–Trinajstić information content (AvgIpc) is 2.62. The Labute approximate surface area is 154 Å². The van der Waals surface area contributed by atoms with Crippen LogP contribution in [0.5, 0.6) is 5.75 Å². The van der Waals surface area contributed by atoms with Crippen LogP contribution in [-0.4, -0.2) is 38.1 Å². The lowest BCUT2D eigenvalue weighted by atomic mass is 10.1. The number of carbonyl (C=O) groups is 1. The number of nitrogens with zero attached hydrogens (tertiary/aromatic N) is 1. The zero-order chi connectivity index (χ0) is 18.2. The Kier molecular flexibility index (Phi) is 7.29. The van der Waals surface area contributed by atoms with Crippen molar-refractivity contribution >= 4 is 17.5 Å². The van der Waals surface area contributed by atoms with E-state index in [1.54, 1.807) is 7.11 Å². The van der Waals surface area contributed by atoms with Crippen LogP contribution in [0.15, 0.2) is 48.5 Å². The number of amides is 1. The maximum Gasteiger partial charge on any atom is 0.234 e. The summed E-state index contributed by atoms with van der Waals surface area (Å²) < 4.78 is 5.18. The lowest BCUT2D eigenvalue weighted by Gasteiger charge is -2.24. The highest BCUT2D eigenvalue weighted by molar-refractivity contribution is 6.30. The standard InChI is InChI=1S/C20H25ClN2O2/c1-15(17-6-10-19(25-3)11-7-17)23(2)14-20(24)22-13-12-16-4-8-18(21)9-5-16/h4-11,15H,12-14H2,1-3H3,(H,22,24). The van der Waals surface area contributed by atoms with Crippen LogP contribution in [-0.2, 0) is 11.2 Å². The van der Waals surface area contributed by atoms with E-state index in [0.717, 1.165) is 28.3 Å². The van der Waals surface area contributed by atoms with E-state index in [4.69, 9.17) is 16.3 Å². The van der Waals surface area contributed by atoms with Gasteiger partial charge in [-0.2, -0.15) is 0 Å². The summed E-state index contributed by atoms with van der Waals surface area (Å²) >= 11 is 5.87. The number of rotatable bonds is 8. The second-order valence-electron chi connectivity index (χ2n) is 6.09. The molecule has 4 nitrogen and oxygen atoms in total. The van der Waals surface area contributed by atoms with Gasteiger partial charge in [-0.3, -0.25) is 9.69 Å². The van der Waals surface area contributed by atoms with Gasteiger partial charge in [-0.25, -0.2) is 0 Å². The average molecular weight is 361 g/mol. The molecule has 1 N–H and O–H groups in total. The number of likely N-dealkylation sites (N-methyl/N-ethyl adjacent to an activating group) is 1. The van der Waals surface area contributed by atoms with Crippen LogP contribution in [0.4, 0.5) is 0 Å². The third-order valence-corrected chi connectivity index (χ3v) is 4.55. The van der Waals surface area contributed by atoms with E-state index in [2.05, 4.69) is 12.2 Å². The first-order valence-electron chi connectivity index (χ1n) is 8.35. The number of ether oxygens (including phenoxy) is 1. The number of methoxy groups -OCH3 is 1. The van der Waals surface area contributed by atoms with Gasteiger partial charge in [-0.15, -0.1) is 0 Å². The molecule has 0 fully saturated rings. The van der Waals surface area contributed by atoms with Gasteiger partial charge >= 0.3 is 0 Å². The van der Waals surface area contributed by atoms with Crippen LogP contribution in [0.1, 0.15) is 24.1 Å². The van der Waals surface area contributed by atoms with Crippen molar-refractivity contribution in [3.8, 4) is 5.75 Å². The lowest BCUT2D eigenvalue weighted by Crippen LogP contribution is -2.37. The molecule has 0 aliphatic heterocycles. The van der Waals surface area contributed by atoms with E-state index in [0.29, 0.717) is 13.1 Å². The van der Waals surface area contributed by atoms with Gasteiger partial charge < -0.3 is 10.1 Å². The van der Waals surface area contributed by atoms with Crippen molar-refractivity contribution < 1.29 is 9.53 Å². The summed E-state index contributed by atoms with van der Waals surface area (Å²) in [5.41, 5.74) is 2.31. The summed E-state index contributed by atoms with van der Waals surface area (Å²) in [6.45, 7) is 3.06. The third-order valence-electron chi connectivity index (χ3n) is 4.30. The molecular formula is C20H25ClN2O2. The number of hydrogen-bond donors (Lipinski definition) is 1. The molecule has 0 bridgehead atoms. The van der Waals surface area contributed by atoms with E-state index in [1.807, 2.05) is 60.5 Å². The molecule has 2 aromatic rings. The molecule has 0 saturated heterocycles. The van der Waals surface area contributed by atoms with Crippen molar-refractivity contribution in [1.29, 1.82) is 0 Å². The van der Waals surface area contributed by atoms with Crippen molar-refractivity contribution in [2.45, 2.75) is 19.4 Å². The molecule has 1 amide bonds. The highest BCUT2D eigenvalue weighted by Crippen LogP contribution is 2.21. The quantitative estimate of drug-likeness (QED) is 0.780. The molecule has 0 spiro atoms. The van der Waals surface area contributed by atoms with Gasteiger partial charge in [-0.1, -0.05) is 35.9 Å². The fourth-order valence-electron chi connectivity index (χ4n) is 2.55. The third kappa shape index (κ3) is 6.07. The van der Waals surface area contributed by atoms with Gasteiger partial charge in [0.05, 0.1) is 13.7 Å². The summed E-state index contributed by atoms with van der Waals surface area (Å²) in [7, 11) is 3.60. The number of hydrogen-bond acceptors (Lipinski definition) is 3. The van der Waals surface area contributed by atoms with Gasteiger partial charge in [0.25, 0.3) is 0 Å². The van der Waals surface area contributed by atoms with Crippen molar-refractivity contribution in [1.82, 2.24) is 10.2 Å². The second kappa shape index (κ2) is 9.44. The van der Waals surface area contributed by atoms with Gasteiger partial charge in [0.1, 0.15) is 5.75 Å². The summed E-state index contributed by atoms with van der Waals surface area (Å²) in [6, 6.07) is 15.8. The maximum atomic E-state index is 12.1. The number of benzene rings is 2. The molecule has 1 atom stereocenters. The van der Waals surface area contributed by atoms with Crippen LogP contribution >= 0.6 is 11.6 Å². The molecule has 0 aliphatic carbocycles. The SMILES string of the molecule is COc1ccc(C(C)N(C)CC(=O)NCCc2ccc(Cl)cc2)cc1. The Bertz CT molecular complexity index is 671. The van der Waals surface area contributed by atoms with Crippen molar-refractivity contribution in [3.05, 3.63) is 64.7 Å². The van der Waals surface area contributed by atoms with Gasteiger partial charge in [0, 0.05) is 17.6 Å². The van der Waals surface area contributed by atoms with Crippen molar-refractivity contribution in [2.75, 3.05) is 27.2 Å². The predicted molar refractivity (Wildman–Crippen MR) is 102 cm³/mol. The largest absolute Gasteiger partial charge is 0.497 e. The Balaban J connectivity index is 1.77. The molecule has 2 aromatic carbocycles. The van der Waals surface area contributed by atoms with Crippen LogP contribution in [0, 0.1) is 0 Å². The zero-order valence-electron chi connectivity index (χ0n) is 15.0. The first-order valence-corrected chi connectivity index (χ1v) is 8.72. The Morgan fingerprint density at radius 2 is 1.80 bits per heavy atom. The molecule has 0 aromatic heterocycles. The Hall–Kier alpha value is -2.04. The van der Waals surface area contributed by atoms with E-state index in [9.17, 15) is 4.79 Å². The van der Waals surface area contributed by atoms with Gasteiger partial charge in [0.2, 0.25) is 5.91 Å². The number of nitrogens with one attached hydrogen (secondary N) is 1. The van der Waals surface area contributed by atoms with Crippen LogP contribution < -0.4 is 10.1 Å². The van der Waals surface area contributed by atoms with Crippen molar-refractivity contribution in [2.24, 2.45) is 0 Å². The molecule has 0 aliphatic rings. The molecule has 2 rings (SSSR count). The van der Waals surface area contributed by atoms with Crippen LogP contribution in [0.3, 0.4) is 0 Å². The van der Waals surface area contributed by atoms with Crippen molar-refractivity contribution in [3.63, 3.8) is 0 Å². The molecule has 25 heavy (non-hydrogen) atoms.